The van der Waals surface area contributed by atoms with E-state index in [-0.39, 0.29) is 29.6 Å². The topological polar surface area (TPSA) is 74.3 Å². The summed E-state index contributed by atoms with van der Waals surface area (Å²) in [5.41, 5.74) is 0. The van der Waals surface area contributed by atoms with Gasteiger partial charge in [-0.25, -0.2) is 0 Å². The number of rotatable bonds is 0. The minimum atomic E-state index is -6.11. The van der Waals surface area contributed by atoms with Crippen molar-refractivity contribution in [1.82, 2.24) is 0 Å². The Morgan fingerprint density at radius 3 is 1.17 bits per heavy atom. The van der Waals surface area contributed by atoms with Crippen LogP contribution in [0.3, 0.4) is 0 Å². The van der Waals surface area contributed by atoms with Crippen LogP contribution in [0.2, 0.25) is 0 Å². The fraction of sp³-hybridized carbons (Fsp3) is 0. The molecule has 0 atom stereocenters. The van der Waals surface area contributed by atoms with Crippen LogP contribution in [0.5, 0.6) is 0 Å². The van der Waals surface area contributed by atoms with Crippen LogP contribution in [-0.4, -0.2) is 0 Å². The molecule has 0 aliphatic rings. The zero-order valence-electron chi connectivity index (χ0n) is 3.01. The predicted octanol–water partition coefficient (Wildman–Crippen LogP) is -4.54. The second-order valence-corrected chi connectivity index (χ2v) is 3.09. The van der Waals surface area contributed by atoms with Gasteiger partial charge >= 0.3 is 59.6 Å². The molecule has 0 spiro atoms. The van der Waals surface area contributed by atoms with Gasteiger partial charge in [0.1, 0.15) is 0 Å². The fourth-order valence-electron chi connectivity index (χ4n) is 0. The number of hydrogen-bond acceptors (Lipinski definition) is 4. The van der Waals surface area contributed by atoms with Crippen molar-refractivity contribution < 1.29 is 59.6 Å². The van der Waals surface area contributed by atoms with E-state index >= 15 is 0 Å². The van der Waals surface area contributed by atoms with Crippen molar-refractivity contribution in [3.8, 4) is 0 Å². The van der Waals surface area contributed by atoms with Crippen molar-refractivity contribution in [3.05, 3.63) is 0 Å². The monoisotopic (exact) mass is 274 g/mol. The maximum absolute atomic E-state index is 8.64. The quantitative estimate of drug-likeness (QED) is 0.417. The first-order chi connectivity index (χ1) is 2.00. The minimum absolute atomic E-state index is 0. The molecule has 0 unspecified atom stereocenters. The Morgan fingerprint density at radius 2 is 1.17 bits per heavy atom. The average Bonchev–Trinajstić information content (AvgIpc) is 0.722. The van der Waals surface area contributed by atoms with Gasteiger partial charge < -0.3 is 0 Å². The van der Waals surface area contributed by atoms with Crippen LogP contribution in [0.4, 0.5) is 0 Å². The van der Waals surface area contributed by atoms with Crippen molar-refractivity contribution in [2.45, 2.75) is 0 Å². The van der Waals surface area contributed by atoms with Crippen LogP contribution in [-0.2, 0) is 26.2 Å². The summed E-state index contributed by atoms with van der Waals surface area (Å²) in [5.74, 6) is 0. The maximum atomic E-state index is 8.64. The third kappa shape index (κ3) is 77.7. The van der Waals surface area contributed by atoms with Gasteiger partial charge in [-0.15, -0.1) is 0 Å². The van der Waals surface area contributed by atoms with Crippen molar-refractivity contribution >= 4 is 0 Å². The average molecular weight is 273 g/mol. The zero-order chi connectivity index (χ0) is 4.50. The van der Waals surface area contributed by atoms with E-state index < -0.39 is 15.8 Å². The van der Waals surface area contributed by atoms with E-state index in [0.717, 1.165) is 0 Å². The molecular formula is NaO4Re. The summed E-state index contributed by atoms with van der Waals surface area (Å²) in [5, 5.41) is 0. The summed E-state index contributed by atoms with van der Waals surface area (Å²) in [6.45, 7) is 0. The summed E-state index contributed by atoms with van der Waals surface area (Å²) < 4.78 is 34.6. The Bertz CT molecular complexity index is 129. The molecule has 0 saturated carbocycles. The zero-order valence-corrected chi connectivity index (χ0v) is 7.73. The van der Waals surface area contributed by atoms with Crippen molar-refractivity contribution in [2.75, 3.05) is 0 Å². The van der Waals surface area contributed by atoms with Gasteiger partial charge in [-0.2, -0.15) is 0 Å². The van der Waals surface area contributed by atoms with Gasteiger partial charge in [0.2, 0.25) is 0 Å². The molecule has 0 aromatic heterocycles. The molecule has 0 radical (unpaired) electrons. The van der Waals surface area contributed by atoms with Gasteiger partial charge in [0.25, 0.3) is 0 Å². The van der Waals surface area contributed by atoms with Crippen LogP contribution < -0.4 is 33.4 Å². The van der Waals surface area contributed by atoms with E-state index in [4.69, 9.17) is 14.2 Å². The molecule has 6 heteroatoms. The Kier molecular flexibility index (Phi) is 5.18. The molecule has 0 bridgehead atoms. The van der Waals surface area contributed by atoms with Crippen molar-refractivity contribution in [3.63, 3.8) is 0 Å². The molecule has 0 saturated heterocycles. The normalized spacial score (nSPS) is 9.50. The first-order valence-corrected chi connectivity index (χ1v) is 5.05. The first-order valence-electron chi connectivity index (χ1n) is 0.617. The van der Waals surface area contributed by atoms with E-state index in [1.54, 1.807) is 0 Å². The van der Waals surface area contributed by atoms with Crippen LogP contribution >= 0.6 is 0 Å². The van der Waals surface area contributed by atoms with Gasteiger partial charge in [0, 0.05) is 0 Å². The molecular weight excluding hydrogens is 273 g/mol. The SMILES string of the molecule is [Na+].[O]=[Re](=[O])(=[O])[O-]. The molecule has 0 aromatic rings. The molecule has 0 heterocycles. The van der Waals surface area contributed by atoms with Crippen molar-refractivity contribution in [2.24, 2.45) is 0 Å². The molecule has 32 valence electrons. The van der Waals surface area contributed by atoms with Crippen molar-refractivity contribution in [1.29, 1.82) is 0 Å². The van der Waals surface area contributed by atoms with E-state index in [9.17, 15) is 0 Å². The van der Waals surface area contributed by atoms with Gasteiger partial charge in [-0.05, 0) is 0 Å². The third-order valence-electron chi connectivity index (χ3n) is 0. The molecule has 6 heavy (non-hydrogen) atoms. The van der Waals surface area contributed by atoms with E-state index in [1.165, 1.54) is 0 Å². The van der Waals surface area contributed by atoms with Gasteiger partial charge in [-0.1, -0.05) is 0 Å². The van der Waals surface area contributed by atoms with Crippen LogP contribution in [0.1, 0.15) is 0 Å². The van der Waals surface area contributed by atoms with Crippen LogP contribution in [0, 0.1) is 0 Å². The summed E-state index contributed by atoms with van der Waals surface area (Å²) >= 11 is -6.11. The van der Waals surface area contributed by atoms with Crippen LogP contribution in [0.15, 0.2) is 0 Å². The fourth-order valence-corrected chi connectivity index (χ4v) is 0. The number of hydrogen-bond donors (Lipinski definition) is 0. The molecule has 0 amide bonds. The molecule has 0 aliphatic heterocycles. The molecule has 0 aliphatic carbocycles. The van der Waals surface area contributed by atoms with E-state index in [0.29, 0.717) is 0 Å². The Hall–Kier alpha value is 1.02. The Labute approximate surface area is 59.2 Å². The molecule has 0 fully saturated rings. The van der Waals surface area contributed by atoms with Gasteiger partial charge in [-0.3, -0.25) is 0 Å². The van der Waals surface area contributed by atoms with Gasteiger partial charge in [0.15, 0.2) is 0 Å². The second kappa shape index (κ2) is 3.08. The summed E-state index contributed by atoms with van der Waals surface area (Å²) in [4.78, 5) is 0. The van der Waals surface area contributed by atoms with E-state index in [2.05, 4.69) is 0 Å². The molecule has 0 aromatic carbocycles. The third-order valence-corrected chi connectivity index (χ3v) is 0. The molecule has 4 nitrogen and oxygen atoms in total. The predicted molar refractivity (Wildman–Crippen MR) is 2.06 cm³/mol. The Morgan fingerprint density at radius 1 is 1.17 bits per heavy atom. The second-order valence-electron chi connectivity index (χ2n) is 0.378. The Balaban J connectivity index is 0. The first kappa shape index (κ1) is 10.1. The molecule has 0 rings (SSSR count). The summed E-state index contributed by atoms with van der Waals surface area (Å²) in [6, 6.07) is 0. The standard InChI is InChI=1S/Na.4O.Re/q+1;;;;-1;. The molecule has 0 N–H and O–H groups in total. The summed E-state index contributed by atoms with van der Waals surface area (Å²) in [6.07, 6.45) is 0. The summed E-state index contributed by atoms with van der Waals surface area (Å²) in [7, 11) is 0. The van der Waals surface area contributed by atoms with Gasteiger partial charge in [0.05, 0.1) is 0 Å². The van der Waals surface area contributed by atoms with E-state index in [1.807, 2.05) is 0 Å². The van der Waals surface area contributed by atoms with Crippen LogP contribution in [0.25, 0.3) is 0 Å².